The Labute approximate surface area is 252 Å². The molecule has 2 aromatic heterocycles. The van der Waals surface area contributed by atoms with Crippen molar-refractivity contribution in [1.82, 2.24) is 14.9 Å². The Morgan fingerprint density at radius 2 is 1.66 bits per heavy atom. The quantitative estimate of drug-likeness (QED) is 0.236. The van der Waals surface area contributed by atoms with Crippen molar-refractivity contribution < 1.29 is 5.11 Å². The van der Waals surface area contributed by atoms with Crippen LogP contribution in [-0.4, -0.2) is 32.9 Å². The number of piperidine rings is 1. The van der Waals surface area contributed by atoms with Crippen molar-refractivity contribution in [2.75, 3.05) is 22.9 Å². The maximum absolute atomic E-state index is 9.86. The van der Waals surface area contributed by atoms with Gasteiger partial charge in [-0.2, -0.15) is 0 Å². The molecule has 6 nitrogen and oxygen atoms in total. The van der Waals surface area contributed by atoms with E-state index >= 15 is 0 Å². The highest BCUT2D eigenvalue weighted by Gasteiger charge is 2.42. The first kappa shape index (κ1) is 27.6. The van der Waals surface area contributed by atoms with E-state index in [0.29, 0.717) is 16.9 Å². The van der Waals surface area contributed by atoms with Crippen molar-refractivity contribution in [3.63, 3.8) is 0 Å². The zero-order valence-electron chi connectivity index (χ0n) is 23.9. The molecule has 4 atom stereocenters. The number of hydrogen-bond acceptors (Lipinski definition) is 4. The van der Waals surface area contributed by atoms with Crippen molar-refractivity contribution in [2.24, 2.45) is 11.8 Å². The third-order valence-electron chi connectivity index (χ3n) is 8.41. The van der Waals surface area contributed by atoms with Crippen LogP contribution >= 0.6 is 23.8 Å². The number of rotatable bonds is 5. The lowest BCUT2D eigenvalue weighted by Gasteiger charge is -2.37. The summed E-state index contributed by atoms with van der Waals surface area (Å²) in [6, 6.07) is 21.6. The number of hydrogen-bond donors (Lipinski definition) is 2. The standard InChI is InChI=1S/C33H36ClN5OS/c1-20-15-21(2)19-37(18-20)30-13-10-25(17-28(30)34)39-32(31(36-33(39)41)29-7-5-6-14-35-29)27-16-22(3)38(23(27)4)24-8-11-26(40)12-9-24/h5-14,16-17,20-21,31-32,40H,15,18-19H2,1-4H3,(H,36,41)/t20-,21+,31-,32-/m0/s1. The second-order valence-corrected chi connectivity index (χ2v) is 12.5. The number of benzene rings is 2. The number of phenolic OH excluding ortho intramolecular Hbond substituents is 1. The fourth-order valence-electron chi connectivity index (χ4n) is 6.80. The largest absolute Gasteiger partial charge is 0.508 e. The number of nitrogens with zero attached hydrogens (tertiary/aromatic N) is 4. The summed E-state index contributed by atoms with van der Waals surface area (Å²) in [5, 5.41) is 14.8. The van der Waals surface area contributed by atoms with Crippen LogP contribution in [-0.2, 0) is 0 Å². The lowest BCUT2D eigenvalue weighted by atomic mass is 9.91. The average molecular weight is 586 g/mol. The van der Waals surface area contributed by atoms with Gasteiger partial charge < -0.3 is 24.8 Å². The van der Waals surface area contributed by atoms with Crippen LogP contribution in [0.4, 0.5) is 11.4 Å². The number of aryl methyl sites for hydroxylation is 1. The van der Waals surface area contributed by atoms with Crippen molar-refractivity contribution in [3.8, 4) is 11.4 Å². The molecule has 2 aromatic carbocycles. The van der Waals surface area contributed by atoms with Crippen LogP contribution in [0.5, 0.6) is 5.75 Å². The van der Waals surface area contributed by atoms with Gasteiger partial charge in [0.2, 0.25) is 0 Å². The molecule has 2 saturated heterocycles. The molecule has 4 heterocycles. The third kappa shape index (κ3) is 5.17. The predicted octanol–water partition coefficient (Wildman–Crippen LogP) is 7.51. The average Bonchev–Trinajstić information content (AvgIpc) is 3.44. The van der Waals surface area contributed by atoms with Crippen LogP contribution in [0.25, 0.3) is 5.69 Å². The molecule has 2 N–H and O–H groups in total. The summed E-state index contributed by atoms with van der Waals surface area (Å²) in [4.78, 5) is 9.33. The molecule has 0 unspecified atom stereocenters. The molecular formula is C33H36ClN5OS. The molecule has 4 aromatic rings. The first-order chi connectivity index (χ1) is 19.7. The number of thiocarbonyl (C=S) groups is 1. The summed E-state index contributed by atoms with van der Waals surface area (Å²) in [6.07, 6.45) is 3.07. The van der Waals surface area contributed by atoms with E-state index in [-0.39, 0.29) is 17.8 Å². The van der Waals surface area contributed by atoms with Crippen molar-refractivity contribution in [3.05, 3.63) is 101 Å². The van der Waals surface area contributed by atoms with Crippen LogP contribution in [0.2, 0.25) is 5.02 Å². The molecular weight excluding hydrogens is 550 g/mol. The van der Waals surface area contributed by atoms with Gasteiger partial charge in [0.1, 0.15) is 5.75 Å². The van der Waals surface area contributed by atoms with Gasteiger partial charge >= 0.3 is 0 Å². The van der Waals surface area contributed by atoms with E-state index in [0.717, 1.165) is 57.8 Å². The van der Waals surface area contributed by atoms with E-state index in [2.05, 4.69) is 71.6 Å². The topological polar surface area (TPSA) is 56.6 Å². The molecule has 212 valence electrons. The molecule has 0 bridgehead atoms. The third-order valence-corrected chi connectivity index (χ3v) is 9.03. The fraction of sp³-hybridized carbons (Fsp3) is 0.333. The van der Waals surface area contributed by atoms with Crippen LogP contribution in [0.1, 0.15) is 55.0 Å². The van der Waals surface area contributed by atoms with E-state index in [1.54, 1.807) is 12.1 Å². The Bertz CT molecular complexity index is 1560. The van der Waals surface area contributed by atoms with Crippen molar-refractivity contribution in [2.45, 2.75) is 46.2 Å². The molecule has 0 aliphatic carbocycles. The van der Waals surface area contributed by atoms with Crippen LogP contribution in [0.3, 0.4) is 0 Å². The monoisotopic (exact) mass is 585 g/mol. The van der Waals surface area contributed by atoms with E-state index in [1.807, 2.05) is 36.5 Å². The normalized spacial score (nSPS) is 22.7. The molecule has 6 rings (SSSR count). The zero-order chi connectivity index (χ0) is 28.8. The number of aromatic hydroxyl groups is 1. The highest BCUT2D eigenvalue weighted by Crippen LogP contribution is 2.45. The highest BCUT2D eigenvalue weighted by molar-refractivity contribution is 7.80. The lowest BCUT2D eigenvalue weighted by Crippen LogP contribution is -2.38. The minimum atomic E-state index is -0.153. The van der Waals surface area contributed by atoms with Gasteiger partial charge in [0.25, 0.3) is 0 Å². The van der Waals surface area contributed by atoms with E-state index in [4.69, 9.17) is 28.8 Å². The van der Waals surface area contributed by atoms with Crippen LogP contribution < -0.4 is 15.1 Å². The molecule has 2 aliphatic rings. The summed E-state index contributed by atoms with van der Waals surface area (Å²) >= 11 is 13.0. The molecule has 41 heavy (non-hydrogen) atoms. The SMILES string of the molecule is Cc1cc([C@H]2[C@H](c3ccccn3)NC(=S)N2c2ccc(N3C[C@H](C)C[C@H](C)C3)c(Cl)c2)c(C)n1-c1ccc(O)cc1. The zero-order valence-corrected chi connectivity index (χ0v) is 25.5. The summed E-state index contributed by atoms with van der Waals surface area (Å²) in [5.41, 5.74) is 7.31. The molecule has 2 fully saturated rings. The number of nitrogens with one attached hydrogen (secondary N) is 1. The van der Waals surface area contributed by atoms with Gasteiger partial charge in [-0.15, -0.1) is 0 Å². The number of aromatic nitrogens is 2. The second-order valence-electron chi connectivity index (χ2n) is 11.7. The van der Waals surface area contributed by atoms with E-state index in [1.165, 1.54) is 6.42 Å². The molecule has 0 saturated carbocycles. The van der Waals surface area contributed by atoms with Crippen LogP contribution in [0, 0.1) is 25.7 Å². The Morgan fingerprint density at radius 3 is 2.32 bits per heavy atom. The molecule has 0 radical (unpaired) electrons. The summed E-state index contributed by atoms with van der Waals surface area (Å²) in [7, 11) is 0. The van der Waals surface area contributed by atoms with Gasteiger partial charge in [0, 0.05) is 42.0 Å². The second kappa shape index (κ2) is 11.0. The number of phenols is 1. The maximum Gasteiger partial charge on any atom is 0.174 e. The van der Waals surface area contributed by atoms with Gasteiger partial charge in [-0.25, -0.2) is 0 Å². The smallest absolute Gasteiger partial charge is 0.174 e. The van der Waals surface area contributed by atoms with Gasteiger partial charge in [-0.05, 0) is 111 Å². The number of halogens is 1. The van der Waals surface area contributed by atoms with Gasteiger partial charge in [0.15, 0.2) is 5.11 Å². The molecule has 8 heteroatoms. The number of anilines is 2. The summed E-state index contributed by atoms with van der Waals surface area (Å²) in [5.74, 6) is 1.52. The van der Waals surface area contributed by atoms with Crippen molar-refractivity contribution >= 4 is 40.3 Å². The Kier molecular flexibility index (Phi) is 7.43. The van der Waals surface area contributed by atoms with Crippen molar-refractivity contribution in [1.29, 1.82) is 0 Å². The Morgan fingerprint density at radius 1 is 0.951 bits per heavy atom. The van der Waals surface area contributed by atoms with Gasteiger partial charge in [-0.1, -0.05) is 31.5 Å². The van der Waals surface area contributed by atoms with E-state index < -0.39 is 0 Å². The minimum Gasteiger partial charge on any atom is -0.508 e. The minimum absolute atomic E-state index is 0.147. The Hall–Kier alpha value is -3.55. The molecule has 0 spiro atoms. The van der Waals surface area contributed by atoms with Crippen LogP contribution in [0.15, 0.2) is 72.9 Å². The number of pyridine rings is 1. The summed E-state index contributed by atoms with van der Waals surface area (Å²) in [6.45, 7) is 10.9. The van der Waals surface area contributed by atoms with E-state index in [9.17, 15) is 5.11 Å². The van der Waals surface area contributed by atoms with Gasteiger partial charge in [-0.3, -0.25) is 4.98 Å². The fourth-order valence-corrected chi connectivity index (χ4v) is 7.44. The maximum atomic E-state index is 9.86. The summed E-state index contributed by atoms with van der Waals surface area (Å²) < 4.78 is 2.22. The first-order valence-electron chi connectivity index (χ1n) is 14.2. The predicted molar refractivity (Wildman–Crippen MR) is 171 cm³/mol. The van der Waals surface area contributed by atoms with Gasteiger partial charge in [0.05, 0.1) is 28.5 Å². The Balaban J connectivity index is 1.44. The lowest BCUT2D eigenvalue weighted by molar-refractivity contribution is 0.357. The molecule has 2 aliphatic heterocycles. The highest BCUT2D eigenvalue weighted by atomic mass is 35.5. The molecule has 0 amide bonds. The first-order valence-corrected chi connectivity index (χ1v) is 15.0.